The van der Waals surface area contributed by atoms with E-state index in [0.717, 1.165) is 49.3 Å². The molecule has 0 spiro atoms. The minimum Gasteiger partial charge on any atom is -0.496 e. The summed E-state index contributed by atoms with van der Waals surface area (Å²) in [5.74, 6) is -1.78. The minimum absolute atomic E-state index is 0.507. The first kappa shape index (κ1) is 48.4. The summed E-state index contributed by atoms with van der Waals surface area (Å²) >= 11 is 0. The van der Waals surface area contributed by atoms with Gasteiger partial charge in [0.15, 0.2) is 0 Å². The monoisotopic (exact) mass is 896 g/mol. The molecule has 64 heavy (non-hydrogen) atoms. The Balaban J connectivity index is 1.87. The van der Waals surface area contributed by atoms with Crippen LogP contribution in [0.4, 0.5) is 0 Å². The minimum atomic E-state index is -1.95. The highest BCUT2D eigenvalue weighted by atomic mass is 31.1. The Labute approximate surface area is 385 Å². The normalized spacial score (nSPS) is 15.1. The molecule has 5 aromatic carbocycles. The largest absolute Gasteiger partial charge is 0.496 e. The Hall–Kier alpha value is -5.02. The van der Waals surface area contributed by atoms with Crippen LogP contribution in [0, 0.1) is 66.2 Å². The molecule has 0 fully saturated rings. The van der Waals surface area contributed by atoms with E-state index >= 15 is 0 Å². The van der Waals surface area contributed by atoms with Gasteiger partial charge in [-0.2, -0.15) is 0 Å². The second-order valence-electron chi connectivity index (χ2n) is 19.7. The Bertz CT molecular complexity index is 2450. The molecule has 5 aromatic rings. The van der Waals surface area contributed by atoms with Gasteiger partial charge < -0.3 is 18.9 Å². The van der Waals surface area contributed by atoms with Crippen molar-refractivity contribution in [3.63, 3.8) is 0 Å². The number of carbonyl (C=O) groups excluding carboxylic acids is 2. The molecule has 0 bridgehead atoms. The summed E-state index contributed by atoms with van der Waals surface area (Å²) in [6.07, 6.45) is 3.57. The zero-order chi connectivity index (χ0) is 47.1. The van der Waals surface area contributed by atoms with Crippen LogP contribution >= 0.6 is 15.8 Å². The molecule has 336 valence electrons. The molecule has 6 rings (SSSR count). The molecule has 6 nitrogen and oxygen atoms in total. The van der Waals surface area contributed by atoms with Crippen molar-refractivity contribution in [3.8, 4) is 5.75 Å². The molecule has 0 heterocycles. The highest BCUT2D eigenvalue weighted by molar-refractivity contribution is 7.80. The summed E-state index contributed by atoms with van der Waals surface area (Å²) in [5.41, 5.74) is 7.80. The molecule has 1 aliphatic carbocycles. The second-order valence-corrected chi connectivity index (χ2v) is 24.1. The van der Waals surface area contributed by atoms with Gasteiger partial charge in [0.25, 0.3) is 5.79 Å². The van der Waals surface area contributed by atoms with Gasteiger partial charge in [-0.3, -0.25) is 9.59 Å². The first-order valence-corrected chi connectivity index (χ1v) is 24.7. The highest BCUT2D eigenvalue weighted by Gasteiger charge is 2.56. The molecule has 0 aromatic heterocycles. The lowest BCUT2D eigenvalue weighted by molar-refractivity contribution is -0.220. The smallest absolute Gasteiger partial charge is 0.314 e. The molecule has 1 aliphatic rings. The predicted octanol–water partition coefficient (Wildman–Crippen LogP) is 11.2. The number of allylic oxidation sites excluding steroid dienone is 1. The molecule has 0 saturated carbocycles. The number of hydrogen-bond acceptors (Lipinski definition) is 6. The van der Waals surface area contributed by atoms with Crippen LogP contribution in [0.25, 0.3) is 5.57 Å². The standard InChI is InChI=1S/C56H66O6P2/c1-34-22-35(2)27-42(26-34)63(43-28-36(3)23-37(4)29-43)48-19-17-18-46(59-15)49(48)50-47(60-16)20-21-56(61-52(57)54(9,10)11,62-53(58)55(12,13)14)51(50)64(44-30-38(5)24-39(6)31-44)45-32-40(7)25-41(8)33-45/h17-33,51H,1-16H3. The van der Waals surface area contributed by atoms with E-state index in [-0.39, 0.29) is 0 Å². The van der Waals surface area contributed by atoms with Crippen LogP contribution in [0.1, 0.15) is 91.6 Å². The van der Waals surface area contributed by atoms with Crippen molar-refractivity contribution >= 4 is 59.9 Å². The molecule has 8 heteroatoms. The Kier molecular flexibility index (Phi) is 14.3. The zero-order valence-corrected chi connectivity index (χ0v) is 42.5. The lowest BCUT2D eigenvalue weighted by atomic mass is 9.89. The fraction of sp³-hybridized carbons (Fsp3) is 0.357. The van der Waals surface area contributed by atoms with Crippen molar-refractivity contribution in [1.82, 2.24) is 0 Å². The van der Waals surface area contributed by atoms with Crippen LogP contribution in [-0.2, 0) is 23.8 Å². The second kappa shape index (κ2) is 18.8. The van der Waals surface area contributed by atoms with Gasteiger partial charge in [0.2, 0.25) is 0 Å². The molecule has 0 radical (unpaired) electrons. The average Bonchev–Trinajstić information content (AvgIpc) is 3.16. The fourth-order valence-corrected chi connectivity index (χ4v) is 14.8. The molecule has 1 atom stereocenters. The number of benzene rings is 5. The predicted molar refractivity (Wildman–Crippen MR) is 269 cm³/mol. The van der Waals surface area contributed by atoms with E-state index in [9.17, 15) is 9.59 Å². The lowest BCUT2D eigenvalue weighted by Crippen LogP contribution is -2.54. The van der Waals surface area contributed by atoms with E-state index in [1.165, 1.54) is 32.9 Å². The Morgan fingerprint density at radius 2 is 0.906 bits per heavy atom. The van der Waals surface area contributed by atoms with Gasteiger partial charge in [-0.15, -0.1) is 0 Å². The summed E-state index contributed by atoms with van der Waals surface area (Å²) in [7, 11) is 0.478. The third-order valence-electron chi connectivity index (χ3n) is 11.2. The van der Waals surface area contributed by atoms with Gasteiger partial charge in [0.05, 0.1) is 30.7 Å². The fourth-order valence-electron chi connectivity index (χ4n) is 8.61. The lowest BCUT2D eigenvalue weighted by Gasteiger charge is -2.46. The van der Waals surface area contributed by atoms with Crippen molar-refractivity contribution < 1.29 is 28.5 Å². The topological polar surface area (TPSA) is 71.1 Å². The van der Waals surface area contributed by atoms with E-state index < -0.39 is 50.1 Å². The maximum absolute atomic E-state index is 14.7. The van der Waals surface area contributed by atoms with E-state index in [4.69, 9.17) is 18.9 Å². The molecule has 0 saturated heterocycles. The van der Waals surface area contributed by atoms with Gasteiger partial charge in [-0.25, -0.2) is 0 Å². The van der Waals surface area contributed by atoms with Crippen LogP contribution in [-0.4, -0.2) is 37.6 Å². The van der Waals surface area contributed by atoms with Crippen molar-refractivity contribution in [2.75, 3.05) is 14.2 Å². The van der Waals surface area contributed by atoms with Crippen molar-refractivity contribution in [1.29, 1.82) is 0 Å². The first-order chi connectivity index (χ1) is 29.9. The summed E-state index contributed by atoms with van der Waals surface area (Å²) in [5, 5.41) is 5.48. The number of esters is 2. The molecule has 0 N–H and O–H groups in total. The Morgan fingerprint density at radius 3 is 1.25 bits per heavy atom. The number of ether oxygens (including phenoxy) is 4. The van der Waals surface area contributed by atoms with Gasteiger partial charge in [-0.1, -0.05) is 129 Å². The van der Waals surface area contributed by atoms with Gasteiger partial charge in [0, 0.05) is 17.2 Å². The van der Waals surface area contributed by atoms with Crippen LogP contribution < -0.4 is 31.3 Å². The maximum Gasteiger partial charge on any atom is 0.314 e. The summed E-state index contributed by atoms with van der Waals surface area (Å²) in [4.78, 5) is 29.4. The van der Waals surface area contributed by atoms with Crippen LogP contribution in [0.2, 0.25) is 0 Å². The third-order valence-corrected chi connectivity index (χ3v) is 16.4. The molecule has 0 amide bonds. The molecule has 1 unspecified atom stereocenters. The number of carbonyl (C=O) groups is 2. The summed E-state index contributed by atoms with van der Waals surface area (Å²) in [6, 6.07) is 33.1. The van der Waals surface area contributed by atoms with Crippen molar-refractivity contribution in [2.45, 2.75) is 108 Å². The van der Waals surface area contributed by atoms with E-state index in [1.54, 1.807) is 20.3 Å². The maximum atomic E-state index is 14.7. The molecular weight excluding hydrogens is 831 g/mol. The zero-order valence-electron chi connectivity index (χ0n) is 40.7. The summed E-state index contributed by atoms with van der Waals surface area (Å²) < 4.78 is 26.9. The number of hydrogen-bond donors (Lipinski definition) is 0. The van der Waals surface area contributed by atoms with Gasteiger partial charge in [-0.05, 0) is 151 Å². The van der Waals surface area contributed by atoms with Crippen LogP contribution in [0.5, 0.6) is 5.75 Å². The third kappa shape index (κ3) is 10.4. The van der Waals surface area contributed by atoms with E-state index in [0.29, 0.717) is 11.5 Å². The Morgan fingerprint density at radius 1 is 0.531 bits per heavy atom. The molecular formula is C56H66O6P2. The first-order valence-electron chi connectivity index (χ1n) is 22.0. The van der Waals surface area contributed by atoms with Gasteiger partial charge >= 0.3 is 11.9 Å². The SMILES string of the molecule is COC1=C(c2c(OC)cccc2P(c2cc(C)cc(C)c2)c2cc(C)cc(C)c2)C(P(c2cc(C)cc(C)c2)c2cc(C)cc(C)c2)C(OC(=O)C(C)(C)C)(OC(=O)C(C)(C)C)C=C1. The van der Waals surface area contributed by atoms with Crippen molar-refractivity contribution in [2.24, 2.45) is 10.8 Å². The van der Waals surface area contributed by atoms with E-state index in [1.807, 2.05) is 53.7 Å². The van der Waals surface area contributed by atoms with Crippen molar-refractivity contribution in [3.05, 3.63) is 159 Å². The molecule has 0 aliphatic heterocycles. The number of aryl methyl sites for hydroxylation is 8. The van der Waals surface area contributed by atoms with Crippen LogP contribution in [0.3, 0.4) is 0 Å². The van der Waals surface area contributed by atoms with Gasteiger partial charge in [0.1, 0.15) is 11.5 Å². The van der Waals surface area contributed by atoms with E-state index in [2.05, 4.69) is 140 Å². The highest BCUT2D eigenvalue weighted by Crippen LogP contribution is 2.58. The number of methoxy groups -OCH3 is 2. The summed E-state index contributed by atoms with van der Waals surface area (Å²) in [6.45, 7) is 27.9. The van der Waals surface area contributed by atoms with Crippen LogP contribution in [0.15, 0.2) is 109 Å². The quantitative estimate of drug-likeness (QED) is 0.0747. The number of rotatable bonds is 11. The average molecular weight is 897 g/mol.